The summed E-state index contributed by atoms with van der Waals surface area (Å²) >= 11 is 1.73. The Morgan fingerprint density at radius 2 is 2.06 bits per heavy atom. The van der Waals surface area contributed by atoms with E-state index in [0.29, 0.717) is 5.41 Å². The van der Waals surface area contributed by atoms with Gasteiger partial charge in [-0.1, -0.05) is 19.8 Å². The molecule has 0 radical (unpaired) electrons. The molecule has 1 fully saturated rings. The normalized spacial score (nSPS) is 19.1. The van der Waals surface area contributed by atoms with E-state index in [0.717, 1.165) is 25.1 Å². The van der Waals surface area contributed by atoms with E-state index in [2.05, 4.69) is 12.2 Å². The fraction of sp³-hybridized carbons (Fsp3) is 0.923. The molecule has 3 N–H and O–H groups in total. The third-order valence-electron chi connectivity index (χ3n) is 4.02. The summed E-state index contributed by atoms with van der Waals surface area (Å²) in [5.41, 5.74) is 6.20. The van der Waals surface area contributed by atoms with Crippen molar-refractivity contribution >= 4 is 30.1 Å². The molecule has 1 aliphatic rings. The number of carbonyl (C=O) groups excluding carboxylic acids is 1. The fourth-order valence-corrected chi connectivity index (χ4v) is 3.05. The maximum Gasteiger partial charge on any atom is 0.236 e. The van der Waals surface area contributed by atoms with Crippen molar-refractivity contribution in [2.45, 2.75) is 51.5 Å². The molecule has 0 bridgehead atoms. The Bertz CT molecular complexity index is 245. The first-order valence-corrected chi connectivity index (χ1v) is 8.05. The maximum absolute atomic E-state index is 11.8. The van der Waals surface area contributed by atoms with Crippen LogP contribution in [0.3, 0.4) is 0 Å². The lowest BCUT2D eigenvalue weighted by atomic mass is 9.83. The van der Waals surface area contributed by atoms with Gasteiger partial charge in [0.25, 0.3) is 0 Å². The van der Waals surface area contributed by atoms with Crippen molar-refractivity contribution in [1.29, 1.82) is 0 Å². The van der Waals surface area contributed by atoms with Gasteiger partial charge in [-0.05, 0) is 43.1 Å². The van der Waals surface area contributed by atoms with Gasteiger partial charge in [0, 0.05) is 6.54 Å². The lowest BCUT2D eigenvalue weighted by Crippen LogP contribution is -2.45. The van der Waals surface area contributed by atoms with Crippen LogP contribution in [0.5, 0.6) is 0 Å². The van der Waals surface area contributed by atoms with Crippen LogP contribution in [0.25, 0.3) is 0 Å². The van der Waals surface area contributed by atoms with Crippen LogP contribution in [-0.2, 0) is 4.79 Å². The molecule has 0 heterocycles. The van der Waals surface area contributed by atoms with Gasteiger partial charge in [0.1, 0.15) is 0 Å². The average Bonchev–Trinajstić information content (AvgIpc) is 2.82. The Kier molecular flexibility index (Phi) is 9.09. The Morgan fingerprint density at radius 3 is 2.56 bits per heavy atom. The summed E-state index contributed by atoms with van der Waals surface area (Å²) in [6, 6.07) is -0.335. The first kappa shape index (κ1) is 18.1. The second-order valence-electron chi connectivity index (χ2n) is 5.17. The van der Waals surface area contributed by atoms with E-state index in [4.69, 9.17) is 5.73 Å². The number of nitrogens with one attached hydrogen (secondary N) is 1. The average molecular weight is 295 g/mol. The van der Waals surface area contributed by atoms with Crippen LogP contribution < -0.4 is 11.1 Å². The number of carbonyl (C=O) groups is 1. The van der Waals surface area contributed by atoms with E-state index >= 15 is 0 Å². The van der Waals surface area contributed by atoms with Crippen molar-refractivity contribution in [1.82, 2.24) is 5.32 Å². The molecular formula is C13H27ClN2OS. The third kappa shape index (κ3) is 5.37. The SMILES string of the molecule is CCC1(CNC(=O)[C@@H](N)CCSC)CCCC1.Cl. The largest absolute Gasteiger partial charge is 0.354 e. The minimum absolute atomic E-state index is 0. The molecule has 1 aliphatic carbocycles. The predicted molar refractivity (Wildman–Crippen MR) is 82.4 cm³/mol. The van der Waals surface area contributed by atoms with Crippen LogP contribution in [0, 0.1) is 5.41 Å². The molecule has 5 heteroatoms. The van der Waals surface area contributed by atoms with Gasteiger partial charge in [-0.25, -0.2) is 0 Å². The number of hydrogen-bond acceptors (Lipinski definition) is 3. The summed E-state index contributed by atoms with van der Waals surface area (Å²) < 4.78 is 0. The number of rotatable bonds is 7. The molecule has 0 unspecified atom stereocenters. The van der Waals surface area contributed by atoms with Crippen LogP contribution >= 0.6 is 24.2 Å². The number of nitrogens with two attached hydrogens (primary N) is 1. The quantitative estimate of drug-likeness (QED) is 0.759. The molecule has 1 rings (SSSR count). The van der Waals surface area contributed by atoms with Crippen LogP contribution in [0.2, 0.25) is 0 Å². The summed E-state index contributed by atoms with van der Waals surface area (Å²) in [7, 11) is 0. The number of halogens is 1. The molecule has 0 aromatic rings. The lowest BCUT2D eigenvalue weighted by molar-refractivity contribution is -0.122. The van der Waals surface area contributed by atoms with Crippen molar-refractivity contribution in [2.24, 2.45) is 11.1 Å². The highest BCUT2D eigenvalue weighted by atomic mass is 35.5. The van der Waals surface area contributed by atoms with Crippen LogP contribution in [0.1, 0.15) is 45.4 Å². The fourth-order valence-electron chi connectivity index (χ4n) is 2.56. The molecule has 1 saturated carbocycles. The zero-order valence-electron chi connectivity index (χ0n) is 11.5. The molecule has 108 valence electrons. The summed E-state index contributed by atoms with van der Waals surface area (Å²) in [6.45, 7) is 3.04. The van der Waals surface area contributed by atoms with Gasteiger partial charge in [0.15, 0.2) is 0 Å². The topological polar surface area (TPSA) is 55.1 Å². The van der Waals surface area contributed by atoms with Crippen molar-refractivity contribution in [3.8, 4) is 0 Å². The van der Waals surface area contributed by atoms with Gasteiger partial charge in [0.2, 0.25) is 5.91 Å². The second kappa shape index (κ2) is 9.05. The van der Waals surface area contributed by atoms with E-state index in [9.17, 15) is 4.79 Å². The van der Waals surface area contributed by atoms with Gasteiger partial charge in [-0.15, -0.1) is 12.4 Å². The molecule has 0 spiro atoms. The molecule has 0 saturated heterocycles. The number of amides is 1. The molecule has 0 aliphatic heterocycles. The minimum Gasteiger partial charge on any atom is -0.354 e. The van der Waals surface area contributed by atoms with Gasteiger partial charge < -0.3 is 11.1 Å². The Morgan fingerprint density at radius 1 is 1.44 bits per heavy atom. The summed E-state index contributed by atoms with van der Waals surface area (Å²) in [5, 5.41) is 3.05. The van der Waals surface area contributed by atoms with Gasteiger partial charge in [0.05, 0.1) is 6.04 Å². The van der Waals surface area contributed by atoms with Crippen molar-refractivity contribution < 1.29 is 4.79 Å². The molecule has 0 aromatic heterocycles. The summed E-state index contributed by atoms with van der Waals surface area (Å²) in [5.74, 6) is 0.979. The smallest absolute Gasteiger partial charge is 0.236 e. The van der Waals surface area contributed by atoms with E-state index in [1.807, 2.05) is 6.26 Å². The van der Waals surface area contributed by atoms with Crippen LogP contribution in [0.15, 0.2) is 0 Å². The first-order chi connectivity index (χ1) is 8.13. The summed E-state index contributed by atoms with van der Waals surface area (Å²) in [4.78, 5) is 11.8. The van der Waals surface area contributed by atoms with Crippen molar-refractivity contribution in [2.75, 3.05) is 18.6 Å². The first-order valence-electron chi connectivity index (χ1n) is 6.66. The van der Waals surface area contributed by atoms with E-state index in [-0.39, 0.29) is 24.4 Å². The molecule has 0 aromatic carbocycles. The molecule has 1 amide bonds. The zero-order chi connectivity index (χ0) is 12.7. The van der Waals surface area contributed by atoms with Crippen molar-refractivity contribution in [3.05, 3.63) is 0 Å². The van der Waals surface area contributed by atoms with Gasteiger partial charge in [-0.3, -0.25) is 4.79 Å². The molecule has 18 heavy (non-hydrogen) atoms. The van der Waals surface area contributed by atoms with E-state index in [1.165, 1.54) is 25.7 Å². The monoisotopic (exact) mass is 294 g/mol. The molecule has 1 atom stereocenters. The number of hydrogen-bond donors (Lipinski definition) is 2. The molecular weight excluding hydrogens is 268 g/mol. The Balaban J connectivity index is 0.00000289. The molecule has 3 nitrogen and oxygen atoms in total. The Labute approximate surface area is 121 Å². The highest BCUT2D eigenvalue weighted by Gasteiger charge is 2.32. The van der Waals surface area contributed by atoms with Crippen molar-refractivity contribution in [3.63, 3.8) is 0 Å². The van der Waals surface area contributed by atoms with Gasteiger partial charge in [-0.2, -0.15) is 11.8 Å². The highest BCUT2D eigenvalue weighted by Crippen LogP contribution is 2.40. The third-order valence-corrected chi connectivity index (χ3v) is 4.67. The van der Waals surface area contributed by atoms with Gasteiger partial charge >= 0.3 is 0 Å². The lowest BCUT2D eigenvalue weighted by Gasteiger charge is -2.28. The van der Waals surface area contributed by atoms with Crippen LogP contribution in [-0.4, -0.2) is 30.5 Å². The second-order valence-corrected chi connectivity index (χ2v) is 6.15. The minimum atomic E-state index is -0.335. The maximum atomic E-state index is 11.8. The number of thioether (sulfide) groups is 1. The Hall–Kier alpha value is 0.0700. The van der Waals surface area contributed by atoms with Crippen LogP contribution in [0.4, 0.5) is 0 Å². The van der Waals surface area contributed by atoms with E-state index < -0.39 is 0 Å². The standard InChI is InChI=1S/C13H26N2OS.ClH/c1-3-13(7-4-5-8-13)10-15-12(16)11(14)6-9-17-2;/h11H,3-10,14H2,1-2H3,(H,15,16);1H/t11-;/m0./s1. The highest BCUT2D eigenvalue weighted by molar-refractivity contribution is 7.98. The predicted octanol–water partition coefficient (Wildman–Crippen LogP) is 2.58. The zero-order valence-corrected chi connectivity index (χ0v) is 13.2. The van der Waals surface area contributed by atoms with E-state index in [1.54, 1.807) is 11.8 Å². The summed E-state index contributed by atoms with van der Waals surface area (Å²) in [6.07, 6.45) is 9.09.